The van der Waals surface area contributed by atoms with Gasteiger partial charge in [0.2, 0.25) is 12.0 Å². The van der Waals surface area contributed by atoms with E-state index in [1.807, 2.05) is 0 Å². The van der Waals surface area contributed by atoms with E-state index in [2.05, 4.69) is 15.0 Å². The van der Waals surface area contributed by atoms with Crippen LogP contribution in [0.2, 0.25) is 0 Å². The number of carbonyl (C=O) groups excluding carboxylic acids is 1. The van der Waals surface area contributed by atoms with Gasteiger partial charge in [0.05, 0.1) is 12.0 Å². The van der Waals surface area contributed by atoms with E-state index in [1.165, 1.54) is 6.92 Å². The largest absolute Gasteiger partial charge is 0.419 e. The van der Waals surface area contributed by atoms with Gasteiger partial charge in [0.1, 0.15) is 5.69 Å². The molecule has 1 aliphatic rings. The topological polar surface area (TPSA) is 108 Å². The van der Waals surface area contributed by atoms with Crippen LogP contribution in [0.25, 0.3) is 0 Å². The van der Waals surface area contributed by atoms with Crippen LogP contribution < -0.4 is 4.90 Å². The summed E-state index contributed by atoms with van der Waals surface area (Å²) < 4.78 is 37.8. The molecule has 1 unspecified atom stereocenters. The zero-order valence-corrected chi connectivity index (χ0v) is 15.5. The van der Waals surface area contributed by atoms with Gasteiger partial charge >= 0.3 is 6.18 Å². The van der Waals surface area contributed by atoms with E-state index in [0.717, 1.165) is 12.4 Å². The SMILES string of the molecule is CC(Cc1ccc(C(=O)N2CCN(c3ncc(C(F)(F)F)cn3)CC2)[nH]1)[N+](=O)[O-]. The van der Waals surface area contributed by atoms with Crippen LogP contribution in [0.3, 0.4) is 0 Å². The van der Waals surface area contributed by atoms with Gasteiger partial charge < -0.3 is 14.8 Å². The summed E-state index contributed by atoms with van der Waals surface area (Å²) in [5.41, 5.74) is 0.0353. The fourth-order valence-corrected chi connectivity index (χ4v) is 2.99. The van der Waals surface area contributed by atoms with Crippen molar-refractivity contribution in [2.45, 2.75) is 25.6 Å². The third-order valence-corrected chi connectivity index (χ3v) is 4.67. The van der Waals surface area contributed by atoms with E-state index in [0.29, 0.717) is 37.6 Å². The Morgan fingerprint density at radius 2 is 1.86 bits per heavy atom. The maximum absolute atomic E-state index is 12.6. The number of rotatable bonds is 5. The summed E-state index contributed by atoms with van der Waals surface area (Å²) in [6.45, 7) is 2.95. The lowest BCUT2D eigenvalue weighted by atomic mass is 10.2. The van der Waals surface area contributed by atoms with Gasteiger partial charge in [-0.3, -0.25) is 14.9 Å². The van der Waals surface area contributed by atoms with Crippen LogP contribution >= 0.6 is 0 Å². The average molecular weight is 412 g/mol. The predicted molar refractivity (Wildman–Crippen MR) is 96.1 cm³/mol. The molecular weight excluding hydrogens is 393 g/mol. The Balaban J connectivity index is 1.57. The number of nitro groups is 1. The second-order valence-corrected chi connectivity index (χ2v) is 6.78. The molecule has 12 heteroatoms. The Morgan fingerprint density at radius 3 is 2.41 bits per heavy atom. The van der Waals surface area contributed by atoms with Crippen molar-refractivity contribution in [3.63, 3.8) is 0 Å². The summed E-state index contributed by atoms with van der Waals surface area (Å²) >= 11 is 0. The van der Waals surface area contributed by atoms with Crippen LogP contribution in [-0.2, 0) is 12.6 Å². The Kier molecular flexibility index (Phi) is 5.71. The van der Waals surface area contributed by atoms with E-state index in [-0.39, 0.29) is 23.2 Å². The lowest BCUT2D eigenvalue weighted by Gasteiger charge is -2.34. The number of carbonyl (C=O) groups is 1. The quantitative estimate of drug-likeness (QED) is 0.594. The number of alkyl halides is 3. The van der Waals surface area contributed by atoms with Crippen molar-refractivity contribution in [1.29, 1.82) is 0 Å². The van der Waals surface area contributed by atoms with E-state index >= 15 is 0 Å². The third kappa shape index (κ3) is 4.81. The van der Waals surface area contributed by atoms with E-state index in [4.69, 9.17) is 0 Å². The lowest BCUT2D eigenvalue weighted by Crippen LogP contribution is -2.49. The van der Waals surface area contributed by atoms with Crippen molar-refractivity contribution in [2.75, 3.05) is 31.1 Å². The third-order valence-electron chi connectivity index (χ3n) is 4.67. The molecule has 9 nitrogen and oxygen atoms in total. The Morgan fingerprint density at radius 1 is 1.24 bits per heavy atom. The average Bonchev–Trinajstić information content (AvgIpc) is 3.15. The molecule has 0 bridgehead atoms. The van der Waals surface area contributed by atoms with Gasteiger partial charge in [0.15, 0.2) is 0 Å². The van der Waals surface area contributed by atoms with Gasteiger partial charge in [0.25, 0.3) is 5.91 Å². The van der Waals surface area contributed by atoms with Crippen molar-refractivity contribution < 1.29 is 22.9 Å². The summed E-state index contributed by atoms with van der Waals surface area (Å²) in [4.78, 5) is 36.8. The second kappa shape index (κ2) is 8.05. The number of halogens is 3. The minimum absolute atomic E-state index is 0.182. The van der Waals surface area contributed by atoms with Crippen molar-refractivity contribution in [1.82, 2.24) is 19.9 Å². The summed E-state index contributed by atoms with van der Waals surface area (Å²) in [6, 6.07) is 2.48. The van der Waals surface area contributed by atoms with Crippen LogP contribution in [0.5, 0.6) is 0 Å². The first kappa shape index (κ1) is 20.6. The maximum atomic E-state index is 12.6. The Bertz CT molecular complexity index is 875. The zero-order chi connectivity index (χ0) is 21.2. The number of nitrogens with one attached hydrogen (secondary N) is 1. The van der Waals surface area contributed by atoms with Crippen molar-refractivity contribution in [2.24, 2.45) is 0 Å². The highest BCUT2D eigenvalue weighted by atomic mass is 19.4. The minimum atomic E-state index is -4.49. The van der Waals surface area contributed by atoms with Crippen LogP contribution in [0.4, 0.5) is 19.1 Å². The number of amides is 1. The molecule has 0 radical (unpaired) electrons. The molecule has 2 aromatic rings. The number of aromatic nitrogens is 3. The molecule has 1 N–H and O–H groups in total. The zero-order valence-electron chi connectivity index (χ0n) is 15.5. The van der Waals surface area contributed by atoms with Gasteiger partial charge in [-0.2, -0.15) is 13.2 Å². The fraction of sp³-hybridized carbons (Fsp3) is 0.471. The number of piperazine rings is 1. The first-order chi connectivity index (χ1) is 13.6. The van der Waals surface area contributed by atoms with Crippen LogP contribution in [0.1, 0.15) is 28.7 Å². The van der Waals surface area contributed by atoms with E-state index in [9.17, 15) is 28.1 Å². The summed E-state index contributed by atoms with van der Waals surface area (Å²) in [5.74, 6) is -0.0565. The second-order valence-electron chi connectivity index (χ2n) is 6.78. The fourth-order valence-electron chi connectivity index (χ4n) is 2.99. The number of nitrogens with zero attached hydrogens (tertiary/aromatic N) is 5. The molecule has 3 heterocycles. The van der Waals surface area contributed by atoms with Gasteiger partial charge in [-0.1, -0.05) is 0 Å². The molecule has 1 saturated heterocycles. The monoisotopic (exact) mass is 412 g/mol. The Labute approximate surface area is 163 Å². The van der Waals surface area contributed by atoms with Gasteiger partial charge in [0, 0.05) is 56.1 Å². The minimum Gasteiger partial charge on any atom is -0.354 e. The van der Waals surface area contributed by atoms with Crippen LogP contribution in [0, 0.1) is 10.1 Å². The molecule has 29 heavy (non-hydrogen) atoms. The number of H-pyrrole nitrogens is 1. The first-order valence-electron chi connectivity index (χ1n) is 8.90. The molecule has 1 aliphatic heterocycles. The number of hydrogen-bond donors (Lipinski definition) is 1. The molecule has 0 spiro atoms. The highest BCUT2D eigenvalue weighted by molar-refractivity contribution is 5.92. The van der Waals surface area contributed by atoms with Crippen LogP contribution in [-0.4, -0.2) is 62.9 Å². The van der Waals surface area contributed by atoms with Gasteiger partial charge in [-0.15, -0.1) is 0 Å². The molecule has 3 rings (SSSR count). The highest BCUT2D eigenvalue weighted by Crippen LogP contribution is 2.28. The maximum Gasteiger partial charge on any atom is 0.419 e. The molecule has 1 amide bonds. The van der Waals surface area contributed by atoms with Crippen molar-refractivity contribution >= 4 is 11.9 Å². The molecule has 0 saturated carbocycles. The Hall–Kier alpha value is -3.18. The molecule has 2 aromatic heterocycles. The number of aromatic amines is 1. The molecule has 1 atom stereocenters. The smallest absolute Gasteiger partial charge is 0.354 e. The molecule has 0 aromatic carbocycles. The van der Waals surface area contributed by atoms with Crippen molar-refractivity contribution in [3.05, 3.63) is 51.6 Å². The number of hydrogen-bond acceptors (Lipinski definition) is 6. The normalized spacial score (nSPS) is 16.0. The summed E-state index contributed by atoms with van der Waals surface area (Å²) in [5, 5.41) is 10.8. The van der Waals surface area contributed by atoms with E-state index < -0.39 is 17.8 Å². The predicted octanol–water partition coefficient (Wildman–Crippen LogP) is 1.99. The molecular formula is C17H19F3N6O3. The van der Waals surface area contributed by atoms with Crippen molar-refractivity contribution in [3.8, 4) is 0 Å². The van der Waals surface area contributed by atoms with Gasteiger partial charge in [-0.05, 0) is 12.1 Å². The number of anilines is 1. The highest BCUT2D eigenvalue weighted by Gasteiger charge is 2.32. The first-order valence-corrected chi connectivity index (χ1v) is 8.90. The van der Waals surface area contributed by atoms with Crippen LogP contribution in [0.15, 0.2) is 24.5 Å². The van der Waals surface area contributed by atoms with Gasteiger partial charge in [-0.25, -0.2) is 9.97 Å². The summed E-state index contributed by atoms with van der Waals surface area (Å²) in [6.07, 6.45) is -2.81. The summed E-state index contributed by atoms with van der Waals surface area (Å²) in [7, 11) is 0. The molecule has 1 fully saturated rings. The molecule has 0 aliphatic carbocycles. The lowest BCUT2D eigenvalue weighted by molar-refractivity contribution is -0.517. The standard InChI is InChI=1S/C17H19F3N6O3/c1-11(26(28)29)8-13-2-3-14(23-13)15(27)24-4-6-25(7-5-24)16-21-9-12(10-22-16)17(18,19)20/h2-3,9-11,23H,4-8H2,1H3. The molecule has 156 valence electrons. The van der Waals surface area contributed by atoms with E-state index in [1.54, 1.807) is 21.9 Å².